The van der Waals surface area contributed by atoms with Gasteiger partial charge in [-0.3, -0.25) is 14.5 Å². The number of nitrogens with zero attached hydrogens (tertiary/aromatic N) is 1. The molecule has 8 heteroatoms. The molecule has 1 amide bonds. The molecular weight excluding hydrogens is 378 g/mol. The van der Waals surface area contributed by atoms with E-state index in [1.807, 2.05) is 0 Å². The van der Waals surface area contributed by atoms with Gasteiger partial charge in [0.25, 0.3) is 11.5 Å². The molecular formula is C21H19NO7. The number of para-hydroxylation sites is 1. The van der Waals surface area contributed by atoms with Crippen molar-refractivity contribution in [2.45, 2.75) is 5.72 Å². The fourth-order valence-corrected chi connectivity index (χ4v) is 3.26. The van der Waals surface area contributed by atoms with Crippen LogP contribution in [0.15, 0.2) is 60.2 Å². The van der Waals surface area contributed by atoms with Gasteiger partial charge in [-0.25, -0.2) is 4.79 Å². The lowest BCUT2D eigenvalue weighted by Gasteiger charge is -2.34. The summed E-state index contributed by atoms with van der Waals surface area (Å²) in [5.41, 5.74) is -2.38. The molecule has 0 bridgehead atoms. The van der Waals surface area contributed by atoms with E-state index in [0.29, 0.717) is 5.75 Å². The Bertz CT molecular complexity index is 982. The van der Waals surface area contributed by atoms with Crippen molar-refractivity contribution in [1.82, 2.24) is 0 Å². The van der Waals surface area contributed by atoms with Crippen LogP contribution in [0.5, 0.6) is 5.75 Å². The Kier molecular flexibility index (Phi) is 5.38. The number of aliphatic hydroxyl groups is 1. The molecule has 8 nitrogen and oxygen atoms in total. The summed E-state index contributed by atoms with van der Waals surface area (Å²) in [6.45, 7) is 0. The van der Waals surface area contributed by atoms with Crippen LogP contribution in [0.25, 0.3) is 5.76 Å². The van der Waals surface area contributed by atoms with Gasteiger partial charge in [0.1, 0.15) is 17.1 Å². The number of amides is 1. The number of rotatable bonds is 5. The second kappa shape index (κ2) is 7.76. The number of carbonyl (C=O) groups excluding carboxylic acids is 3. The lowest BCUT2D eigenvalue weighted by molar-refractivity contribution is -0.161. The van der Waals surface area contributed by atoms with Gasteiger partial charge in [-0.1, -0.05) is 18.2 Å². The van der Waals surface area contributed by atoms with E-state index in [-0.39, 0.29) is 11.3 Å². The maximum atomic E-state index is 12.9. The Hall–Kier alpha value is -3.65. The van der Waals surface area contributed by atoms with E-state index in [0.717, 1.165) is 19.1 Å². The molecule has 1 atom stereocenters. The van der Waals surface area contributed by atoms with Crippen molar-refractivity contribution < 1.29 is 33.7 Å². The summed E-state index contributed by atoms with van der Waals surface area (Å²) >= 11 is 0. The van der Waals surface area contributed by atoms with E-state index in [1.54, 1.807) is 30.3 Å². The normalized spacial score (nSPS) is 20.6. The molecule has 150 valence electrons. The first-order valence-corrected chi connectivity index (χ1v) is 8.58. The van der Waals surface area contributed by atoms with Gasteiger partial charge in [-0.05, 0) is 36.4 Å². The summed E-state index contributed by atoms with van der Waals surface area (Å²) in [5.74, 6) is -3.18. The average molecular weight is 397 g/mol. The number of carbonyl (C=O) groups is 3. The molecule has 1 N–H and O–H groups in total. The molecule has 0 aromatic heterocycles. The van der Waals surface area contributed by atoms with Crippen LogP contribution in [0.2, 0.25) is 0 Å². The number of anilines is 1. The van der Waals surface area contributed by atoms with Crippen LogP contribution >= 0.6 is 0 Å². The first-order valence-electron chi connectivity index (χ1n) is 8.58. The second-order valence-corrected chi connectivity index (χ2v) is 6.10. The Labute approximate surface area is 166 Å². The Morgan fingerprint density at radius 2 is 1.59 bits per heavy atom. The number of hydrogen-bond acceptors (Lipinski definition) is 7. The van der Waals surface area contributed by atoms with Crippen molar-refractivity contribution in [3.8, 4) is 5.75 Å². The quantitative estimate of drug-likeness (QED) is 0.357. The third kappa shape index (κ3) is 3.03. The van der Waals surface area contributed by atoms with E-state index in [2.05, 4.69) is 0 Å². The monoisotopic (exact) mass is 397 g/mol. The summed E-state index contributed by atoms with van der Waals surface area (Å²) in [6.07, 6.45) is 0. The molecule has 1 saturated heterocycles. The summed E-state index contributed by atoms with van der Waals surface area (Å²) in [6, 6.07) is 14.2. The number of methoxy groups -OCH3 is 3. The molecule has 29 heavy (non-hydrogen) atoms. The van der Waals surface area contributed by atoms with Crippen molar-refractivity contribution in [2.24, 2.45) is 0 Å². The number of aliphatic hydroxyl groups excluding tert-OH is 1. The van der Waals surface area contributed by atoms with Gasteiger partial charge < -0.3 is 19.3 Å². The summed E-state index contributed by atoms with van der Waals surface area (Å²) < 4.78 is 15.4. The van der Waals surface area contributed by atoms with Crippen LogP contribution in [0, 0.1) is 0 Å². The predicted octanol–water partition coefficient (Wildman–Crippen LogP) is 2.10. The van der Waals surface area contributed by atoms with Crippen LogP contribution in [0.1, 0.15) is 5.56 Å². The zero-order chi connectivity index (χ0) is 21.2. The van der Waals surface area contributed by atoms with Crippen molar-refractivity contribution in [2.75, 3.05) is 26.2 Å². The minimum Gasteiger partial charge on any atom is -0.507 e. The molecule has 1 fully saturated rings. The first-order chi connectivity index (χ1) is 13.9. The third-order valence-electron chi connectivity index (χ3n) is 4.65. The zero-order valence-electron chi connectivity index (χ0n) is 16.0. The number of ether oxygens (including phenoxy) is 3. The molecule has 1 aliphatic rings. The maximum Gasteiger partial charge on any atom is 0.365 e. The number of Topliss-reactive ketones (excluding diaryl/α,β-unsaturated/α-hetero) is 1. The van der Waals surface area contributed by atoms with Gasteiger partial charge in [-0.2, -0.15) is 0 Å². The largest absolute Gasteiger partial charge is 0.507 e. The maximum absolute atomic E-state index is 12.9. The highest BCUT2D eigenvalue weighted by Gasteiger charge is 2.64. The molecule has 0 aliphatic carbocycles. The molecule has 0 spiro atoms. The number of hydrogen-bond donors (Lipinski definition) is 1. The smallest absolute Gasteiger partial charge is 0.365 e. The van der Waals surface area contributed by atoms with Gasteiger partial charge in [0.15, 0.2) is 0 Å². The number of esters is 1. The van der Waals surface area contributed by atoms with Crippen LogP contribution in [0.4, 0.5) is 5.69 Å². The van der Waals surface area contributed by atoms with E-state index in [4.69, 9.17) is 14.2 Å². The van der Waals surface area contributed by atoms with Crippen LogP contribution in [-0.2, 0) is 23.9 Å². The molecule has 3 rings (SSSR count). The fourth-order valence-electron chi connectivity index (χ4n) is 3.26. The molecule has 1 heterocycles. The zero-order valence-corrected chi connectivity index (χ0v) is 16.0. The molecule has 1 aliphatic heterocycles. The lowest BCUT2D eigenvalue weighted by Crippen LogP contribution is -2.55. The lowest BCUT2D eigenvalue weighted by atomic mass is 9.97. The van der Waals surface area contributed by atoms with Crippen molar-refractivity contribution in [1.29, 1.82) is 0 Å². The van der Waals surface area contributed by atoms with Gasteiger partial charge in [-0.15, -0.1) is 0 Å². The number of benzene rings is 2. The molecule has 2 aromatic rings. The van der Waals surface area contributed by atoms with E-state index < -0.39 is 34.7 Å². The average Bonchev–Trinajstić information content (AvgIpc) is 3.00. The second-order valence-electron chi connectivity index (χ2n) is 6.10. The Balaban J connectivity index is 2.30. The third-order valence-corrected chi connectivity index (χ3v) is 4.65. The van der Waals surface area contributed by atoms with Crippen LogP contribution in [0.3, 0.4) is 0 Å². The molecule has 0 unspecified atom stereocenters. The molecule has 0 radical (unpaired) electrons. The summed E-state index contributed by atoms with van der Waals surface area (Å²) in [7, 11) is 3.74. The highest BCUT2D eigenvalue weighted by Crippen LogP contribution is 2.42. The molecule has 2 aromatic carbocycles. The highest BCUT2D eigenvalue weighted by atomic mass is 16.6. The van der Waals surface area contributed by atoms with E-state index in [1.165, 1.54) is 31.4 Å². The van der Waals surface area contributed by atoms with Gasteiger partial charge in [0.05, 0.1) is 14.2 Å². The number of ketones is 1. The van der Waals surface area contributed by atoms with E-state index >= 15 is 0 Å². The standard InChI is InChI=1S/C21H19NO7/c1-27-15-11-9-13(10-12-15)17(23)16-18(24)19(25)22(14-7-5-4-6-8-14)21(16,29-3)20(26)28-2/h4-12,23H,1-3H3/t21-/m1/s1. The topological polar surface area (TPSA) is 102 Å². The summed E-state index contributed by atoms with van der Waals surface area (Å²) in [4.78, 5) is 39.5. The minimum atomic E-state index is -2.28. The van der Waals surface area contributed by atoms with Gasteiger partial charge >= 0.3 is 11.9 Å². The Morgan fingerprint density at radius 1 is 0.966 bits per heavy atom. The highest BCUT2D eigenvalue weighted by molar-refractivity contribution is 6.54. The Morgan fingerprint density at radius 3 is 2.10 bits per heavy atom. The minimum absolute atomic E-state index is 0.196. The predicted molar refractivity (Wildman–Crippen MR) is 103 cm³/mol. The molecule has 0 saturated carbocycles. The SMILES string of the molecule is COC(=O)[C@]1(OC)C(=C(O)c2ccc(OC)cc2)C(=O)C(=O)N1c1ccccc1. The van der Waals surface area contributed by atoms with Gasteiger partial charge in [0.2, 0.25) is 0 Å². The van der Waals surface area contributed by atoms with Gasteiger partial charge in [0, 0.05) is 18.4 Å². The van der Waals surface area contributed by atoms with Crippen LogP contribution < -0.4 is 9.64 Å². The summed E-state index contributed by atoms with van der Waals surface area (Å²) in [5, 5.41) is 10.9. The first kappa shape index (κ1) is 20.1. The van der Waals surface area contributed by atoms with Crippen molar-refractivity contribution in [3.63, 3.8) is 0 Å². The van der Waals surface area contributed by atoms with Crippen LogP contribution in [-0.4, -0.2) is 49.8 Å². The fraction of sp³-hybridized carbons (Fsp3) is 0.190. The van der Waals surface area contributed by atoms with Crippen molar-refractivity contribution >= 4 is 29.1 Å². The van der Waals surface area contributed by atoms with E-state index in [9.17, 15) is 19.5 Å². The van der Waals surface area contributed by atoms with Crippen molar-refractivity contribution in [3.05, 3.63) is 65.7 Å².